The fourth-order valence-electron chi connectivity index (χ4n) is 4.81. The number of benzene rings is 1. The maximum Gasteiger partial charge on any atom is 0.490 e. The number of rotatable bonds is 9. The number of nitrogens with zero attached hydrogens (tertiary/aromatic N) is 4. The summed E-state index contributed by atoms with van der Waals surface area (Å²) in [5, 5.41) is 22.8. The zero-order chi connectivity index (χ0) is 32.9. The summed E-state index contributed by atoms with van der Waals surface area (Å²) in [7, 11) is 0. The molecule has 2 aromatic rings. The Balaban J connectivity index is 0.000000591. The fourth-order valence-corrected chi connectivity index (χ4v) is 4.81. The number of ether oxygens (including phenoxy) is 3. The smallest absolute Gasteiger partial charge is 0.490 e. The summed E-state index contributed by atoms with van der Waals surface area (Å²) in [4.78, 5) is 42.7. The van der Waals surface area contributed by atoms with E-state index in [1.54, 1.807) is 6.07 Å². The van der Waals surface area contributed by atoms with E-state index in [1.807, 2.05) is 19.9 Å². The first-order valence-corrected chi connectivity index (χ1v) is 13.9. The second kappa shape index (κ2) is 13.5. The minimum absolute atomic E-state index is 0.114. The number of nitriles is 1. The van der Waals surface area contributed by atoms with Gasteiger partial charge in [0.15, 0.2) is 18.2 Å². The van der Waals surface area contributed by atoms with Gasteiger partial charge in [0.25, 0.3) is 11.8 Å². The summed E-state index contributed by atoms with van der Waals surface area (Å²) in [5.74, 6) is -1.33. The molecular weight excluding hydrogens is 603 g/mol. The Morgan fingerprint density at radius 1 is 1.31 bits per heavy atom. The molecule has 2 unspecified atom stereocenters. The lowest BCUT2D eigenvalue weighted by Gasteiger charge is -2.19. The Morgan fingerprint density at radius 3 is 2.71 bits per heavy atom. The van der Waals surface area contributed by atoms with Crippen LogP contribution < -0.4 is 30.7 Å². The molecule has 3 heterocycles. The molecule has 0 spiro atoms. The number of cyclic esters (lactones) is 1. The van der Waals surface area contributed by atoms with Gasteiger partial charge < -0.3 is 35.7 Å². The van der Waals surface area contributed by atoms with Gasteiger partial charge in [-0.05, 0) is 75.4 Å². The average molecular weight is 636 g/mol. The van der Waals surface area contributed by atoms with Crippen molar-refractivity contribution < 1.29 is 46.9 Å². The van der Waals surface area contributed by atoms with Crippen LogP contribution in [0.1, 0.15) is 37.0 Å². The monoisotopic (exact) mass is 635 g/mol. The van der Waals surface area contributed by atoms with Crippen molar-refractivity contribution in [3.63, 3.8) is 0 Å². The van der Waals surface area contributed by atoms with Gasteiger partial charge in [-0.3, -0.25) is 9.69 Å². The third-order valence-electron chi connectivity index (χ3n) is 6.84. The first kappa shape index (κ1) is 33.2. The molecule has 3 aliphatic rings. The SMILES string of the molecule is CC(C)(N)COc1cc(C#N)c2c(c1)CC(CNCCC1CN(c3cnc4c(n3)NC(=O)CO4)C(=O)O1)C2.O=C(O)C(F)(F)F. The molecule has 1 fully saturated rings. The molecule has 1 aliphatic carbocycles. The number of alkyl halides is 3. The molecule has 1 aromatic heterocycles. The van der Waals surface area contributed by atoms with Crippen molar-refractivity contribution in [3.8, 4) is 17.7 Å². The topological polar surface area (TPSA) is 202 Å². The van der Waals surface area contributed by atoms with E-state index in [4.69, 9.17) is 29.8 Å². The number of hydrogen-bond donors (Lipinski definition) is 4. The average Bonchev–Trinajstić information content (AvgIpc) is 3.55. The van der Waals surface area contributed by atoms with Crippen LogP contribution in [0.5, 0.6) is 11.6 Å². The molecule has 242 valence electrons. The van der Waals surface area contributed by atoms with Gasteiger partial charge in [0.05, 0.1) is 24.4 Å². The van der Waals surface area contributed by atoms with Gasteiger partial charge in [-0.25, -0.2) is 19.6 Å². The molecule has 14 nitrogen and oxygen atoms in total. The van der Waals surface area contributed by atoms with E-state index >= 15 is 0 Å². The van der Waals surface area contributed by atoms with Crippen LogP contribution >= 0.6 is 0 Å². The third kappa shape index (κ3) is 8.92. The summed E-state index contributed by atoms with van der Waals surface area (Å²) >= 11 is 0. The van der Waals surface area contributed by atoms with E-state index in [0.29, 0.717) is 49.2 Å². The van der Waals surface area contributed by atoms with Crippen molar-refractivity contribution in [1.82, 2.24) is 15.3 Å². The summed E-state index contributed by atoms with van der Waals surface area (Å²) < 4.78 is 48.3. The molecule has 45 heavy (non-hydrogen) atoms. The van der Waals surface area contributed by atoms with E-state index in [9.17, 15) is 28.0 Å². The Hall–Kier alpha value is -4.69. The summed E-state index contributed by atoms with van der Waals surface area (Å²) in [5.41, 5.74) is 8.46. The number of carbonyl (C=O) groups excluding carboxylic acids is 2. The lowest BCUT2D eigenvalue weighted by Crippen LogP contribution is -2.38. The van der Waals surface area contributed by atoms with Gasteiger partial charge in [0, 0.05) is 5.54 Å². The molecule has 0 bridgehead atoms. The molecule has 2 aliphatic heterocycles. The molecule has 2 amide bonds. The number of hydrogen-bond acceptors (Lipinski definition) is 11. The molecule has 2 atom stereocenters. The maximum atomic E-state index is 12.4. The summed E-state index contributed by atoms with van der Waals surface area (Å²) in [6.45, 7) is 5.85. The Kier molecular flexibility index (Phi) is 9.98. The number of amides is 2. The Labute approximate surface area is 255 Å². The van der Waals surface area contributed by atoms with Crippen molar-refractivity contribution >= 4 is 29.6 Å². The summed E-state index contributed by atoms with van der Waals surface area (Å²) in [6, 6.07) is 6.13. The highest BCUT2D eigenvalue weighted by Gasteiger charge is 2.38. The number of nitrogens with two attached hydrogens (primary N) is 1. The fraction of sp³-hybridized carbons (Fsp3) is 0.500. The highest BCUT2D eigenvalue weighted by Crippen LogP contribution is 2.33. The predicted molar refractivity (Wildman–Crippen MR) is 151 cm³/mol. The molecule has 5 rings (SSSR count). The second-order valence-corrected chi connectivity index (χ2v) is 11.4. The van der Waals surface area contributed by atoms with E-state index in [1.165, 1.54) is 11.1 Å². The van der Waals surface area contributed by atoms with Crippen LogP contribution in [0.4, 0.5) is 29.6 Å². The molecule has 1 aromatic carbocycles. The number of anilines is 2. The largest absolute Gasteiger partial charge is 0.492 e. The number of carbonyl (C=O) groups is 3. The van der Waals surface area contributed by atoms with Crippen LogP contribution in [0.3, 0.4) is 0 Å². The number of fused-ring (bicyclic) bond motifs is 2. The van der Waals surface area contributed by atoms with Crippen molar-refractivity contribution in [2.75, 3.05) is 43.1 Å². The number of halogens is 3. The van der Waals surface area contributed by atoms with Crippen LogP contribution in [0.15, 0.2) is 18.3 Å². The Morgan fingerprint density at radius 2 is 2.04 bits per heavy atom. The van der Waals surface area contributed by atoms with Gasteiger partial charge in [0.1, 0.15) is 18.5 Å². The van der Waals surface area contributed by atoms with Crippen LogP contribution in [0, 0.1) is 17.2 Å². The minimum atomic E-state index is -5.08. The lowest BCUT2D eigenvalue weighted by molar-refractivity contribution is -0.192. The van der Waals surface area contributed by atoms with E-state index in [-0.39, 0.29) is 30.3 Å². The van der Waals surface area contributed by atoms with Crippen LogP contribution in [-0.2, 0) is 27.2 Å². The predicted octanol–water partition coefficient (Wildman–Crippen LogP) is 2.15. The van der Waals surface area contributed by atoms with Crippen molar-refractivity contribution in [2.24, 2.45) is 11.7 Å². The van der Waals surface area contributed by atoms with E-state index in [2.05, 4.69) is 26.7 Å². The number of aliphatic carboxylic acids is 1. The Bertz CT molecular complexity index is 1490. The molecular formula is C28H32F3N7O7. The van der Waals surface area contributed by atoms with Gasteiger partial charge in [-0.15, -0.1) is 0 Å². The van der Waals surface area contributed by atoms with Crippen molar-refractivity contribution in [1.29, 1.82) is 5.26 Å². The van der Waals surface area contributed by atoms with Crippen molar-refractivity contribution in [3.05, 3.63) is 35.0 Å². The second-order valence-electron chi connectivity index (χ2n) is 11.4. The molecule has 17 heteroatoms. The number of aromatic nitrogens is 2. The van der Waals surface area contributed by atoms with E-state index in [0.717, 1.165) is 30.5 Å². The molecule has 0 saturated carbocycles. The first-order valence-electron chi connectivity index (χ1n) is 13.9. The van der Waals surface area contributed by atoms with Crippen LogP contribution in [0.2, 0.25) is 0 Å². The minimum Gasteiger partial charge on any atom is -0.492 e. The highest BCUT2D eigenvalue weighted by molar-refractivity contribution is 5.94. The number of carboxylic acid groups (broad SMARTS) is 1. The zero-order valence-corrected chi connectivity index (χ0v) is 24.4. The van der Waals surface area contributed by atoms with Crippen LogP contribution in [-0.4, -0.2) is 83.7 Å². The zero-order valence-electron chi connectivity index (χ0n) is 24.4. The number of nitrogens with one attached hydrogen (secondary N) is 2. The molecule has 5 N–H and O–H groups in total. The lowest BCUT2D eigenvalue weighted by atomic mass is 10.0. The van der Waals surface area contributed by atoms with Gasteiger partial charge in [-0.1, -0.05) is 0 Å². The molecule has 1 saturated heterocycles. The quantitative estimate of drug-likeness (QED) is 0.293. The number of carboxylic acids is 1. The third-order valence-corrected chi connectivity index (χ3v) is 6.84. The standard InChI is InChI=1S/C26H31N7O5.C2HF3O2/c1-26(2,28)14-37-19-7-16-5-15(6-20(16)17(8-19)9-27)10-29-4-3-18-12-33(25(35)38-18)21-11-30-24-23(31-21)32-22(34)13-36-24;3-2(4,5)1(6)7/h7-8,11,15,18,29H,3-6,10,12-14,28H2,1-2H3,(H,31,32,34);(H,6,7). The first-order chi connectivity index (χ1) is 21.1. The van der Waals surface area contributed by atoms with E-state index < -0.39 is 23.8 Å². The van der Waals surface area contributed by atoms with Gasteiger partial charge >= 0.3 is 18.2 Å². The highest BCUT2D eigenvalue weighted by atomic mass is 19.4. The maximum absolute atomic E-state index is 12.4. The normalized spacial score (nSPS) is 18.8. The van der Waals surface area contributed by atoms with Gasteiger partial charge in [-0.2, -0.15) is 18.4 Å². The van der Waals surface area contributed by atoms with Crippen LogP contribution in [0.25, 0.3) is 0 Å². The van der Waals surface area contributed by atoms with Gasteiger partial charge in [0.2, 0.25) is 0 Å². The van der Waals surface area contributed by atoms with Crippen molar-refractivity contribution in [2.45, 2.75) is 50.9 Å². The summed E-state index contributed by atoms with van der Waals surface area (Å²) in [6.07, 6.45) is -2.12. The molecule has 0 radical (unpaired) electrons.